The standard InChI is InChI=1S/C17H22N2/c1-2-18-16-9-5-7-14(16)12-15-11-10-13-6-3-4-8-17(13)19-15/h3-4,6,8,10-11,14,16,18H,2,5,7,9,12H2,1H3. The van der Waals surface area contributed by atoms with Crippen LogP contribution in [-0.4, -0.2) is 17.6 Å². The first-order valence-corrected chi connectivity index (χ1v) is 7.45. The molecular formula is C17H22N2. The molecule has 0 spiro atoms. The molecule has 0 aliphatic heterocycles. The molecule has 1 fully saturated rings. The van der Waals surface area contributed by atoms with Gasteiger partial charge in [-0.1, -0.05) is 37.6 Å². The summed E-state index contributed by atoms with van der Waals surface area (Å²) in [6, 6.07) is 13.5. The van der Waals surface area contributed by atoms with Crippen molar-refractivity contribution < 1.29 is 0 Å². The molecule has 19 heavy (non-hydrogen) atoms. The van der Waals surface area contributed by atoms with E-state index in [1.54, 1.807) is 0 Å². The van der Waals surface area contributed by atoms with Gasteiger partial charge in [0, 0.05) is 17.1 Å². The van der Waals surface area contributed by atoms with E-state index in [0.717, 1.165) is 24.4 Å². The molecule has 1 aromatic heterocycles. The minimum atomic E-state index is 0.693. The molecule has 1 aliphatic carbocycles. The molecule has 1 aliphatic rings. The number of nitrogens with one attached hydrogen (secondary N) is 1. The summed E-state index contributed by atoms with van der Waals surface area (Å²) in [5.74, 6) is 0.758. The summed E-state index contributed by atoms with van der Waals surface area (Å²) in [4.78, 5) is 4.81. The molecule has 1 saturated carbocycles. The number of nitrogens with zero attached hydrogens (tertiary/aromatic N) is 1. The van der Waals surface area contributed by atoms with Crippen molar-refractivity contribution in [2.24, 2.45) is 5.92 Å². The third-order valence-corrected chi connectivity index (χ3v) is 4.25. The zero-order valence-electron chi connectivity index (χ0n) is 11.6. The van der Waals surface area contributed by atoms with E-state index in [2.05, 4.69) is 48.6 Å². The molecule has 0 bridgehead atoms. The number of pyridine rings is 1. The summed E-state index contributed by atoms with van der Waals surface area (Å²) >= 11 is 0. The average molecular weight is 254 g/mol. The van der Waals surface area contributed by atoms with Gasteiger partial charge in [-0.2, -0.15) is 0 Å². The van der Waals surface area contributed by atoms with E-state index in [1.165, 1.54) is 30.3 Å². The van der Waals surface area contributed by atoms with Crippen LogP contribution in [-0.2, 0) is 6.42 Å². The van der Waals surface area contributed by atoms with Crippen molar-refractivity contribution in [3.05, 3.63) is 42.1 Å². The van der Waals surface area contributed by atoms with Crippen molar-refractivity contribution in [1.82, 2.24) is 10.3 Å². The monoisotopic (exact) mass is 254 g/mol. The highest BCUT2D eigenvalue weighted by molar-refractivity contribution is 5.78. The number of hydrogen-bond acceptors (Lipinski definition) is 2. The fourth-order valence-electron chi connectivity index (χ4n) is 3.30. The van der Waals surface area contributed by atoms with E-state index in [9.17, 15) is 0 Å². The van der Waals surface area contributed by atoms with Crippen LogP contribution in [0.3, 0.4) is 0 Å². The normalized spacial score (nSPS) is 23.0. The first kappa shape index (κ1) is 12.6. The zero-order chi connectivity index (χ0) is 13.1. The smallest absolute Gasteiger partial charge is 0.0705 e. The molecule has 2 unspecified atom stereocenters. The Kier molecular flexibility index (Phi) is 3.79. The molecule has 0 amide bonds. The predicted molar refractivity (Wildman–Crippen MR) is 80.3 cm³/mol. The zero-order valence-corrected chi connectivity index (χ0v) is 11.6. The molecule has 2 atom stereocenters. The minimum Gasteiger partial charge on any atom is -0.314 e. The molecule has 2 nitrogen and oxygen atoms in total. The summed E-state index contributed by atoms with van der Waals surface area (Å²) in [6.45, 7) is 3.27. The predicted octanol–water partition coefficient (Wildman–Crippen LogP) is 3.56. The van der Waals surface area contributed by atoms with Crippen LogP contribution in [0.25, 0.3) is 10.9 Å². The molecule has 100 valence electrons. The number of aromatic nitrogens is 1. The third kappa shape index (κ3) is 2.79. The minimum absolute atomic E-state index is 0.693. The lowest BCUT2D eigenvalue weighted by atomic mass is 9.97. The highest BCUT2D eigenvalue weighted by Crippen LogP contribution is 2.28. The van der Waals surface area contributed by atoms with E-state index < -0.39 is 0 Å². The van der Waals surface area contributed by atoms with E-state index in [0.29, 0.717) is 6.04 Å². The van der Waals surface area contributed by atoms with Crippen LogP contribution in [0.2, 0.25) is 0 Å². The summed E-state index contributed by atoms with van der Waals surface area (Å²) in [6.07, 6.45) is 5.14. The second-order valence-electron chi connectivity index (χ2n) is 5.55. The summed E-state index contributed by atoms with van der Waals surface area (Å²) in [5.41, 5.74) is 2.37. The lowest BCUT2D eigenvalue weighted by Crippen LogP contribution is -2.33. The summed E-state index contributed by atoms with van der Waals surface area (Å²) < 4.78 is 0. The molecule has 0 radical (unpaired) electrons. The molecule has 2 aromatic rings. The van der Waals surface area contributed by atoms with Gasteiger partial charge < -0.3 is 5.32 Å². The van der Waals surface area contributed by atoms with E-state index >= 15 is 0 Å². The number of hydrogen-bond donors (Lipinski definition) is 1. The quantitative estimate of drug-likeness (QED) is 0.902. The lowest BCUT2D eigenvalue weighted by Gasteiger charge is -2.20. The number of fused-ring (bicyclic) bond motifs is 1. The van der Waals surface area contributed by atoms with Gasteiger partial charge in [-0.15, -0.1) is 0 Å². The van der Waals surface area contributed by atoms with Crippen molar-refractivity contribution in [3.8, 4) is 0 Å². The van der Waals surface area contributed by atoms with Crippen molar-refractivity contribution in [2.45, 2.75) is 38.6 Å². The average Bonchev–Trinajstić information content (AvgIpc) is 2.86. The Hall–Kier alpha value is -1.41. The molecule has 1 N–H and O–H groups in total. The molecule has 2 heteroatoms. The van der Waals surface area contributed by atoms with E-state index in [-0.39, 0.29) is 0 Å². The van der Waals surface area contributed by atoms with Gasteiger partial charge in [-0.3, -0.25) is 4.98 Å². The second-order valence-corrected chi connectivity index (χ2v) is 5.55. The van der Waals surface area contributed by atoms with Crippen LogP contribution >= 0.6 is 0 Å². The van der Waals surface area contributed by atoms with Crippen LogP contribution in [0.1, 0.15) is 31.9 Å². The Bertz CT molecular complexity index is 550. The number of rotatable bonds is 4. The van der Waals surface area contributed by atoms with Crippen LogP contribution in [0.5, 0.6) is 0 Å². The Morgan fingerprint density at radius 2 is 2.05 bits per heavy atom. The fourth-order valence-corrected chi connectivity index (χ4v) is 3.30. The van der Waals surface area contributed by atoms with Crippen molar-refractivity contribution in [2.75, 3.05) is 6.54 Å². The third-order valence-electron chi connectivity index (χ3n) is 4.25. The SMILES string of the molecule is CCNC1CCCC1Cc1ccc2ccccc2n1. The lowest BCUT2D eigenvalue weighted by molar-refractivity contribution is 0.403. The van der Waals surface area contributed by atoms with Crippen LogP contribution in [0, 0.1) is 5.92 Å². The first-order valence-electron chi connectivity index (χ1n) is 7.45. The molecule has 3 rings (SSSR count). The van der Waals surface area contributed by atoms with Crippen molar-refractivity contribution >= 4 is 10.9 Å². The van der Waals surface area contributed by atoms with Gasteiger partial charge >= 0.3 is 0 Å². The largest absolute Gasteiger partial charge is 0.314 e. The van der Waals surface area contributed by atoms with Crippen molar-refractivity contribution in [1.29, 1.82) is 0 Å². The van der Waals surface area contributed by atoms with E-state index in [1.807, 2.05) is 0 Å². The maximum absolute atomic E-state index is 4.81. The summed E-state index contributed by atoms with van der Waals surface area (Å²) in [5, 5.41) is 4.86. The highest BCUT2D eigenvalue weighted by Gasteiger charge is 2.26. The maximum Gasteiger partial charge on any atom is 0.0705 e. The maximum atomic E-state index is 4.81. The Labute approximate surface area is 115 Å². The Morgan fingerprint density at radius 1 is 1.16 bits per heavy atom. The van der Waals surface area contributed by atoms with Gasteiger partial charge in [0.15, 0.2) is 0 Å². The van der Waals surface area contributed by atoms with Gasteiger partial charge in [-0.25, -0.2) is 0 Å². The van der Waals surface area contributed by atoms with Gasteiger partial charge in [-0.05, 0) is 43.9 Å². The van der Waals surface area contributed by atoms with Gasteiger partial charge in [0.1, 0.15) is 0 Å². The van der Waals surface area contributed by atoms with Crippen molar-refractivity contribution in [3.63, 3.8) is 0 Å². The number of benzene rings is 1. The topological polar surface area (TPSA) is 24.9 Å². The van der Waals surface area contributed by atoms with Gasteiger partial charge in [0.2, 0.25) is 0 Å². The molecular weight excluding hydrogens is 232 g/mol. The highest BCUT2D eigenvalue weighted by atomic mass is 14.9. The Balaban J connectivity index is 1.77. The van der Waals surface area contributed by atoms with E-state index in [4.69, 9.17) is 4.98 Å². The van der Waals surface area contributed by atoms with Crippen LogP contribution in [0.15, 0.2) is 36.4 Å². The van der Waals surface area contributed by atoms with Crippen LogP contribution < -0.4 is 5.32 Å². The fraction of sp³-hybridized carbons (Fsp3) is 0.471. The molecule has 1 heterocycles. The summed E-state index contributed by atoms with van der Waals surface area (Å²) in [7, 11) is 0. The second kappa shape index (κ2) is 5.70. The first-order chi connectivity index (χ1) is 9.36. The van der Waals surface area contributed by atoms with Gasteiger partial charge in [0.25, 0.3) is 0 Å². The van der Waals surface area contributed by atoms with Gasteiger partial charge in [0.05, 0.1) is 5.52 Å². The number of para-hydroxylation sites is 1. The molecule has 1 aromatic carbocycles. The van der Waals surface area contributed by atoms with Crippen LogP contribution in [0.4, 0.5) is 0 Å². The Morgan fingerprint density at radius 3 is 2.95 bits per heavy atom. The molecule has 0 saturated heterocycles.